The van der Waals surface area contributed by atoms with Gasteiger partial charge in [-0.2, -0.15) is 0 Å². The van der Waals surface area contributed by atoms with Crippen molar-refractivity contribution in [3.05, 3.63) is 47.8 Å². The molecule has 0 radical (unpaired) electrons. The van der Waals surface area contributed by atoms with Crippen molar-refractivity contribution in [3.63, 3.8) is 0 Å². The molecular formula is C17H14N6OS2. The highest BCUT2D eigenvalue weighted by Gasteiger charge is 2.12. The van der Waals surface area contributed by atoms with Crippen LogP contribution in [0.15, 0.2) is 36.7 Å². The van der Waals surface area contributed by atoms with Crippen molar-refractivity contribution >= 4 is 49.1 Å². The number of amides is 1. The zero-order valence-electron chi connectivity index (χ0n) is 13.8. The first-order valence-electron chi connectivity index (χ1n) is 7.78. The number of hydrogen-bond acceptors (Lipinski definition) is 8. The molecule has 130 valence electrons. The highest BCUT2D eigenvalue weighted by Crippen LogP contribution is 2.28. The third-order valence-corrected chi connectivity index (χ3v) is 5.48. The smallest absolute Gasteiger partial charge is 0.230 e. The van der Waals surface area contributed by atoms with Crippen LogP contribution in [0, 0.1) is 6.92 Å². The molecule has 0 aliphatic carbocycles. The van der Waals surface area contributed by atoms with Crippen LogP contribution in [-0.4, -0.2) is 26.1 Å². The number of nitrogen functional groups attached to an aromatic ring is 1. The predicted molar refractivity (Wildman–Crippen MR) is 104 cm³/mol. The number of aromatic nitrogens is 4. The molecule has 4 rings (SSSR count). The van der Waals surface area contributed by atoms with Gasteiger partial charge in [0, 0.05) is 18.0 Å². The van der Waals surface area contributed by atoms with Gasteiger partial charge >= 0.3 is 0 Å². The Hall–Kier alpha value is -2.91. The number of nitrogens with two attached hydrogens (primary N) is 1. The highest BCUT2D eigenvalue weighted by molar-refractivity contribution is 7.22. The molecule has 3 aromatic heterocycles. The van der Waals surface area contributed by atoms with Crippen molar-refractivity contribution in [1.29, 1.82) is 0 Å². The fraction of sp³-hybridized carbons (Fsp3) is 0.118. The van der Waals surface area contributed by atoms with E-state index < -0.39 is 0 Å². The Labute approximate surface area is 157 Å². The van der Waals surface area contributed by atoms with E-state index in [4.69, 9.17) is 5.73 Å². The van der Waals surface area contributed by atoms with Gasteiger partial charge in [-0.05, 0) is 36.2 Å². The van der Waals surface area contributed by atoms with E-state index in [1.807, 2.05) is 31.2 Å². The second kappa shape index (κ2) is 6.77. The molecule has 0 saturated heterocycles. The molecule has 0 fully saturated rings. The Bertz CT molecular complexity index is 1100. The topological polar surface area (TPSA) is 107 Å². The SMILES string of the molecule is Cc1cnccc1-c1nnc(NC(=O)Cc2ccc3nc(N)sc3c2)s1. The summed E-state index contributed by atoms with van der Waals surface area (Å²) in [6, 6.07) is 7.58. The molecule has 3 heterocycles. The maximum atomic E-state index is 12.3. The largest absolute Gasteiger partial charge is 0.375 e. The van der Waals surface area contributed by atoms with Gasteiger partial charge in [0.2, 0.25) is 11.0 Å². The zero-order chi connectivity index (χ0) is 18.1. The van der Waals surface area contributed by atoms with Crippen LogP contribution >= 0.6 is 22.7 Å². The zero-order valence-corrected chi connectivity index (χ0v) is 15.4. The number of anilines is 2. The number of benzene rings is 1. The molecule has 3 N–H and O–H groups in total. The van der Waals surface area contributed by atoms with Gasteiger partial charge in [0.25, 0.3) is 0 Å². The van der Waals surface area contributed by atoms with Crippen molar-refractivity contribution in [2.24, 2.45) is 0 Å². The Morgan fingerprint density at radius 1 is 1.23 bits per heavy atom. The Balaban J connectivity index is 1.47. The maximum absolute atomic E-state index is 12.3. The Kier molecular flexibility index (Phi) is 4.31. The summed E-state index contributed by atoms with van der Waals surface area (Å²) in [5.74, 6) is -0.143. The summed E-state index contributed by atoms with van der Waals surface area (Å²) in [5, 5.41) is 12.8. The normalized spacial score (nSPS) is 11.0. The first kappa shape index (κ1) is 16.6. The van der Waals surface area contributed by atoms with Gasteiger partial charge in [0.05, 0.1) is 16.6 Å². The van der Waals surface area contributed by atoms with Gasteiger partial charge in [0.15, 0.2) is 5.13 Å². The minimum absolute atomic E-state index is 0.143. The molecular weight excluding hydrogens is 368 g/mol. The van der Waals surface area contributed by atoms with Crippen LogP contribution < -0.4 is 11.1 Å². The molecule has 0 spiro atoms. The summed E-state index contributed by atoms with van der Waals surface area (Å²) in [6.45, 7) is 1.96. The highest BCUT2D eigenvalue weighted by atomic mass is 32.1. The summed E-state index contributed by atoms with van der Waals surface area (Å²) in [6.07, 6.45) is 3.73. The van der Waals surface area contributed by atoms with E-state index in [2.05, 4.69) is 25.5 Å². The number of carbonyl (C=O) groups excluding carboxylic acids is 1. The van der Waals surface area contributed by atoms with Crippen LogP contribution in [0.1, 0.15) is 11.1 Å². The molecule has 4 aromatic rings. The molecule has 0 saturated carbocycles. The van der Waals surface area contributed by atoms with E-state index in [0.717, 1.165) is 31.9 Å². The molecule has 7 nitrogen and oxygen atoms in total. The number of aryl methyl sites for hydroxylation is 1. The van der Waals surface area contributed by atoms with E-state index in [-0.39, 0.29) is 12.3 Å². The molecule has 9 heteroatoms. The predicted octanol–water partition coefficient (Wildman–Crippen LogP) is 3.28. The number of nitrogens with zero attached hydrogens (tertiary/aromatic N) is 4. The quantitative estimate of drug-likeness (QED) is 0.561. The number of nitrogens with one attached hydrogen (secondary N) is 1. The lowest BCUT2D eigenvalue weighted by atomic mass is 10.1. The number of hydrogen-bond donors (Lipinski definition) is 2. The van der Waals surface area contributed by atoms with E-state index in [9.17, 15) is 4.79 Å². The number of carbonyl (C=O) groups is 1. The van der Waals surface area contributed by atoms with Crippen molar-refractivity contribution in [2.75, 3.05) is 11.1 Å². The van der Waals surface area contributed by atoms with Crippen LogP contribution in [0.25, 0.3) is 20.8 Å². The second-order valence-electron chi connectivity index (χ2n) is 5.68. The van der Waals surface area contributed by atoms with Crippen molar-refractivity contribution in [3.8, 4) is 10.6 Å². The van der Waals surface area contributed by atoms with Crippen LogP contribution in [0.5, 0.6) is 0 Å². The summed E-state index contributed by atoms with van der Waals surface area (Å²) in [5.41, 5.74) is 9.43. The second-order valence-corrected chi connectivity index (χ2v) is 7.72. The number of pyridine rings is 1. The molecule has 1 aromatic carbocycles. The van der Waals surface area contributed by atoms with Crippen LogP contribution in [0.4, 0.5) is 10.3 Å². The lowest BCUT2D eigenvalue weighted by Crippen LogP contribution is -2.14. The van der Waals surface area contributed by atoms with Crippen molar-refractivity contribution in [2.45, 2.75) is 13.3 Å². The third kappa shape index (κ3) is 3.39. The maximum Gasteiger partial charge on any atom is 0.230 e. The van der Waals surface area contributed by atoms with Gasteiger partial charge in [-0.25, -0.2) is 4.98 Å². The molecule has 1 amide bonds. The van der Waals surface area contributed by atoms with E-state index in [1.165, 1.54) is 22.7 Å². The van der Waals surface area contributed by atoms with E-state index >= 15 is 0 Å². The standard InChI is InChI=1S/C17H14N6OS2/c1-9-8-19-5-4-11(9)15-22-23-17(26-15)21-14(24)7-10-2-3-12-13(6-10)25-16(18)20-12/h2-6,8H,7H2,1H3,(H2,18,20)(H,21,23,24). The average Bonchev–Trinajstić information content (AvgIpc) is 3.20. The van der Waals surface area contributed by atoms with E-state index in [1.54, 1.807) is 12.4 Å². The van der Waals surface area contributed by atoms with Gasteiger partial charge in [-0.3, -0.25) is 9.78 Å². The third-order valence-electron chi connectivity index (χ3n) is 3.76. The number of fused-ring (bicyclic) bond motifs is 1. The molecule has 26 heavy (non-hydrogen) atoms. The summed E-state index contributed by atoms with van der Waals surface area (Å²) in [4.78, 5) is 20.6. The number of rotatable bonds is 4. The van der Waals surface area contributed by atoms with Gasteiger partial charge in [-0.15, -0.1) is 10.2 Å². The summed E-state index contributed by atoms with van der Waals surface area (Å²) >= 11 is 2.75. The molecule has 0 bridgehead atoms. The molecule has 0 unspecified atom stereocenters. The van der Waals surface area contributed by atoms with Gasteiger partial charge in [-0.1, -0.05) is 28.7 Å². The Morgan fingerprint density at radius 3 is 2.96 bits per heavy atom. The lowest BCUT2D eigenvalue weighted by molar-refractivity contribution is -0.115. The molecule has 0 aliphatic rings. The van der Waals surface area contributed by atoms with E-state index in [0.29, 0.717) is 10.3 Å². The average molecular weight is 382 g/mol. The van der Waals surface area contributed by atoms with Crippen LogP contribution in [0.2, 0.25) is 0 Å². The van der Waals surface area contributed by atoms with Crippen LogP contribution in [-0.2, 0) is 11.2 Å². The first-order chi connectivity index (χ1) is 12.6. The fourth-order valence-electron chi connectivity index (χ4n) is 2.54. The minimum atomic E-state index is -0.143. The lowest BCUT2D eigenvalue weighted by Gasteiger charge is -2.02. The fourth-order valence-corrected chi connectivity index (χ4v) is 4.19. The summed E-state index contributed by atoms with van der Waals surface area (Å²) < 4.78 is 0.971. The van der Waals surface area contributed by atoms with Crippen LogP contribution in [0.3, 0.4) is 0 Å². The Morgan fingerprint density at radius 2 is 2.12 bits per heavy atom. The minimum Gasteiger partial charge on any atom is -0.375 e. The van der Waals surface area contributed by atoms with Gasteiger partial charge in [0.1, 0.15) is 5.01 Å². The number of thiazole rings is 1. The van der Waals surface area contributed by atoms with Crippen molar-refractivity contribution < 1.29 is 4.79 Å². The van der Waals surface area contributed by atoms with Gasteiger partial charge < -0.3 is 11.1 Å². The molecule has 0 atom stereocenters. The van der Waals surface area contributed by atoms with Crippen molar-refractivity contribution in [1.82, 2.24) is 20.2 Å². The molecule has 0 aliphatic heterocycles. The summed E-state index contributed by atoms with van der Waals surface area (Å²) in [7, 11) is 0. The monoisotopic (exact) mass is 382 g/mol. The first-order valence-corrected chi connectivity index (χ1v) is 9.41.